The predicted molar refractivity (Wildman–Crippen MR) is 119 cm³/mol. The Balaban J connectivity index is 1.39. The number of aromatic nitrogens is 1. The van der Waals surface area contributed by atoms with Crippen molar-refractivity contribution in [3.63, 3.8) is 0 Å². The minimum atomic E-state index is 0.697. The number of hydrogen-bond acceptors (Lipinski definition) is 5. The number of nitrogens with one attached hydrogen (secondary N) is 1. The van der Waals surface area contributed by atoms with Crippen molar-refractivity contribution in [3.8, 4) is 11.5 Å². The van der Waals surface area contributed by atoms with Crippen LogP contribution in [0.25, 0.3) is 10.2 Å². The SMILES string of the molecule is Cc1cc(Oc2ccc(/C=N\Nc3nc4ccc(Cl)cc4s3)cc2)ccc1Cl. The Morgan fingerprint density at radius 2 is 1.79 bits per heavy atom. The van der Waals surface area contributed by atoms with Crippen molar-refractivity contribution in [1.29, 1.82) is 0 Å². The number of anilines is 1. The molecule has 0 fully saturated rings. The number of fused-ring (bicyclic) bond motifs is 1. The van der Waals surface area contributed by atoms with E-state index in [9.17, 15) is 0 Å². The Kier molecular flexibility index (Phi) is 5.48. The Labute approximate surface area is 176 Å². The first-order chi connectivity index (χ1) is 13.6. The molecule has 0 amide bonds. The maximum Gasteiger partial charge on any atom is 0.204 e. The molecule has 0 atom stereocenters. The fourth-order valence-electron chi connectivity index (χ4n) is 2.55. The molecule has 0 bridgehead atoms. The summed E-state index contributed by atoms with van der Waals surface area (Å²) in [7, 11) is 0. The second-order valence-electron chi connectivity index (χ2n) is 6.08. The van der Waals surface area contributed by atoms with Crippen LogP contribution in [0.4, 0.5) is 5.13 Å². The van der Waals surface area contributed by atoms with E-state index in [1.54, 1.807) is 6.21 Å². The first-order valence-corrected chi connectivity index (χ1v) is 10.0. The van der Waals surface area contributed by atoms with E-state index in [4.69, 9.17) is 27.9 Å². The van der Waals surface area contributed by atoms with Gasteiger partial charge in [-0.25, -0.2) is 4.98 Å². The van der Waals surface area contributed by atoms with Crippen LogP contribution < -0.4 is 10.2 Å². The van der Waals surface area contributed by atoms with Gasteiger partial charge in [0.2, 0.25) is 5.13 Å². The molecule has 4 aromatic rings. The molecule has 1 N–H and O–H groups in total. The van der Waals surface area contributed by atoms with Crippen molar-refractivity contribution in [2.75, 3.05) is 5.43 Å². The molecule has 3 aromatic carbocycles. The van der Waals surface area contributed by atoms with Gasteiger partial charge in [-0.2, -0.15) is 5.10 Å². The van der Waals surface area contributed by atoms with Gasteiger partial charge in [0.1, 0.15) is 11.5 Å². The van der Waals surface area contributed by atoms with Crippen molar-refractivity contribution in [2.45, 2.75) is 6.92 Å². The van der Waals surface area contributed by atoms with Gasteiger partial charge in [0.25, 0.3) is 0 Å². The van der Waals surface area contributed by atoms with Gasteiger partial charge >= 0.3 is 0 Å². The van der Waals surface area contributed by atoms with Crippen LogP contribution in [0.5, 0.6) is 11.5 Å². The van der Waals surface area contributed by atoms with Crippen LogP contribution >= 0.6 is 34.5 Å². The molecule has 7 heteroatoms. The Morgan fingerprint density at radius 1 is 1.00 bits per heavy atom. The van der Waals surface area contributed by atoms with Crippen LogP contribution in [0.2, 0.25) is 10.0 Å². The van der Waals surface area contributed by atoms with Gasteiger partial charge in [-0.3, -0.25) is 5.43 Å². The quantitative estimate of drug-likeness (QED) is 0.271. The molecule has 0 aliphatic rings. The van der Waals surface area contributed by atoms with Gasteiger partial charge in [-0.1, -0.05) is 34.5 Å². The Hall–Kier alpha value is -2.60. The fourth-order valence-corrected chi connectivity index (χ4v) is 3.76. The predicted octanol–water partition coefficient (Wildman–Crippen LogP) is 7.15. The van der Waals surface area contributed by atoms with E-state index in [1.807, 2.05) is 67.6 Å². The number of aryl methyl sites for hydroxylation is 1. The summed E-state index contributed by atoms with van der Waals surface area (Å²) >= 11 is 13.5. The first-order valence-electron chi connectivity index (χ1n) is 8.46. The first kappa shape index (κ1) is 18.7. The second-order valence-corrected chi connectivity index (χ2v) is 7.96. The van der Waals surface area contributed by atoms with Crippen LogP contribution in [0.3, 0.4) is 0 Å². The van der Waals surface area contributed by atoms with Crippen molar-refractivity contribution in [1.82, 2.24) is 4.98 Å². The topological polar surface area (TPSA) is 46.5 Å². The maximum absolute atomic E-state index is 6.04. The summed E-state index contributed by atoms with van der Waals surface area (Å²) in [6.45, 7) is 1.95. The van der Waals surface area contributed by atoms with E-state index in [0.717, 1.165) is 37.9 Å². The minimum absolute atomic E-state index is 0.697. The summed E-state index contributed by atoms with van der Waals surface area (Å²) in [6, 6.07) is 18.8. The molecule has 0 unspecified atom stereocenters. The number of halogens is 2. The van der Waals surface area contributed by atoms with Gasteiger partial charge < -0.3 is 4.74 Å². The number of benzene rings is 3. The zero-order valence-electron chi connectivity index (χ0n) is 14.8. The Morgan fingerprint density at radius 3 is 2.57 bits per heavy atom. The summed E-state index contributed by atoms with van der Waals surface area (Å²) in [5.41, 5.74) is 5.77. The monoisotopic (exact) mass is 427 g/mol. The van der Waals surface area contributed by atoms with E-state index < -0.39 is 0 Å². The van der Waals surface area contributed by atoms with Crippen molar-refractivity contribution in [2.24, 2.45) is 5.10 Å². The summed E-state index contributed by atoms with van der Waals surface area (Å²) in [4.78, 5) is 4.46. The number of hydrazone groups is 1. The number of rotatable bonds is 5. The van der Waals surface area contributed by atoms with Crippen LogP contribution in [-0.4, -0.2) is 11.2 Å². The number of hydrogen-bond donors (Lipinski definition) is 1. The highest BCUT2D eigenvalue weighted by Crippen LogP contribution is 2.28. The smallest absolute Gasteiger partial charge is 0.204 e. The molecule has 140 valence electrons. The molecule has 0 radical (unpaired) electrons. The minimum Gasteiger partial charge on any atom is -0.457 e. The largest absolute Gasteiger partial charge is 0.457 e. The lowest BCUT2D eigenvalue weighted by molar-refractivity contribution is 0.482. The standard InChI is InChI=1S/C21H15Cl2N3OS/c1-13-10-17(7-8-18(13)23)27-16-5-2-14(3-6-16)12-24-26-21-25-19-9-4-15(22)11-20(19)28-21/h2-12H,1H3,(H,25,26)/b24-12-. The van der Waals surface area contributed by atoms with E-state index in [2.05, 4.69) is 15.5 Å². The summed E-state index contributed by atoms with van der Waals surface area (Å²) in [5, 5.41) is 6.38. The third-order valence-corrected chi connectivity index (χ3v) is 5.55. The molecule has 0 saturated carbocycles. The van der Waals surface area contributed by atoms with Gasteiger partial charge in [-0.05, 0) is 78.7 Å². The highest BCUT2D eigenvalue weighted by molar-refractivity contribution is 7.22. The zero-order chi connectivity index (χ0) is 19.5. The molecule has 1 aromatic heterocycles. The van der Waals surface area contributed by atoms with Crippen LogP contribution in [-0.2, 0) is 0 Å². The molecule has 1 heterocycles. The number of ether oxygens (including phenoxy) is 1. The maximum atomic E-state index is 6.04. The number of nitrogens with zero attached hydrogens (tertiary/aromatic N) is 2. The lowest BCUT2D eigenvalue weighted by Crippen LogP contribution is -1.90. The third kappa shape index (κ3) is 4.44. The van der Waals surface area contributed by atoms with Crippen molar-refractivity contribution in [3.05, 3.63) is 81.8 Å². The van der Waals surface area contributed by atoms with Crippen LogP contribution in [0.1, 0.15) is 11.1 Å². The number of thiazole rings is 1. The Bertz CT molecular complexity index is 1160. The molecule has 0 saturated heterocycles. The van der Waals surface area contributed by atoms with Gasteiger partial charge in [0.15, 0.2) is 0 Å². The second kappa shape index (κ2) is 8.19. The van der Waals surface area contributed by atoms with Gasteiger partial charge in [0, 0.05) is 10.0 Å². The summed E-state index contributed by atoms with van der Waals surface area (Å²) in [6.07, 6.45) is 1.73. The van der Waals surface area contributed by atoms with E-state index in [-0.39, 0.29) is 0 Å². The third-order valence-electron chi connectivity index (χ3n) is 3.97. The average molecular weight is 428 g/mol. The lowest BCUT2D eigenvalue weighted by Gasteiger charge is -2.07. The van der Waals surface area contributed by atoms with Crippen LogP contribution in [0, 0.1) is 6.92 Å². The molecular weight excluding hydrogens is 413 g/mol. The normalized spacial score (nSPS) is 11.2. The summed E-state index contributed by atoms with van der Waals surface area (Å²) < 4.78 is 6.87. The zero-order valence-corrected chi connectivity index (χ0v) is 17.1. The highest BCUT2D eigenvalue weighted by Gasteiger charge is 2.03. The molecular formula is C21H15Cl2N3OS. The van der Waals surface area contributed by atoms with E-state index in [0.29, 0.717) is 10.2 Å². The lowest BCUT2D eigenvalue weighted by atomic mass is 10.2. The van der Waals surface area contributed by atoms with Crippen molar-refractivity contribution < 1.29 is 4.74 Å². The van der Waals surface area contributed by atoms with E-state index in [1.165, 1.54) is 11.3 Å². The summed E-state index contributed by atoms with van der Waals surface area (Å²) in [5.74, 6) is 1.50. The molecule has 4 rings (SSSR count). The van der Waals surface area contributed by atoms with Gasteiger partial charge in [0.05, 0.1) is 16.4 Å². The molecule has 0 aliphatic carbocycles. The van der Waals surface area contributed by atoms with Crippen molar-refractivity contribution >= 4 is 56.1 Å². The average Bonchev–Trinajstić information content (AvgIpc) is 3.08. The van der Waals surface area contributed by atoms with E-state index >= 15 is 0 Å². The molecule has 0 spiro atoms. The van der Waals surface area contributed by atoms with Crippen LogP contribution in [0.15, 0.2) is 65.8 Å². The molecule has 0 aliphatic heterocycles. The molecule has 4 nitrogen and oxygen atoms in total. The van der Waals surface area contributed by atoms with Gasteiger partial charge in [-0.15, -0.1) is 0 Å². The molecule has 28 heavy (non-hydrogen) atoms. The highest BCUT2D eigenvalue weighted by atomic mass is 35.5. The fraction of sp³-hybridized carbons (Fsp3) is 0.0476.